The van der Waals surface area contributed by atoms with Gasteiger partial charge in [-0.3, -0.25) is 4.79 Å². The van der Waals surface area contributed by atoms with Gasteiger partial charge in [0.2, 0.25) is 0 Å². The Morgan fingerprint density at radius 2 is 2.00 bits per heavy atom. The van der Waals surface area contributed by atoms with Gasteiger partial charge < -0.3 is 0 Å². The molecule has 0 amide bonds. The van der Waals surface area contributed by atoms with Crippen LogP contribution in [0.5, 0.6) is 0 Å². The van der Waals surface area contributed by atoms with Crippen molar-refractivity contribution in [3.63, 3.8) is 0 Å². The average molecular weight is 166 g/mol. The van der Waals surface area contributed by atoms with E-state index in [0.717, 1.165) is 19.3 Å². The molecule has 0 rings (SSSR count). The molecule has 0 aliphatic heterocycles. The van der Waals surface area contributed by atoms with Gasteiger partial charge in [-0.05, 0) is 13.3 Å². The van der Waals surface area contributed by atoms with Crippen LogP contribution in [0.25, 0.3) is 0 Å². The standard InChI is InChI=1S/C10H19BO/c1-5-7-9(11)10(4,6-2)8(3)12/h9H,5-7H2,1-4H3. The van der Waals surface area contributed by atoms with Crippen LogP contribution >= 0.6 is 0 Å². The van der Waals surface area contributed by atoms with Gasteiger partial charge in [-0.25, -0.2) is 0 Å². The second-order valence-corrected chi connectivity index (χ2v) is 3.72. The Morgan fingerprint density at radius 3 is 2.25 bits per heavy atom. The highest BCUT2D eigenvalue weighted by atomic mass is 16.1. The van der Waals surface area contributed by atoms with Gasteiger partial charge in [0.1, 0.15) is 5.78 Å². The molecule has 2 unspecified atom stereocenters. The molecule has 0 fully saturated rings. The van der Waals surface area contributed by atoms with Crippen molar-refractivity contribution < 1.29 is 4.79 Å². The smallest absolute Gasteiger partial charge is 0.135 e. The lowest BCUT2D eigenvalue weighted by Crippen LogP contribution is -2.30. The highest BCUT2D eigenvalue weighted by molar-refractivity contribution is 6.14. The first-order valence-corrected chi connectivity index (χ1v) is 4.75. The molecule has 68 valence electrons. The lowest BCUT2D eigenvalue weighted by molar-refractivity contribution is -0.126. The van der Waals surface area contributed by atoms with E-state index in [2.05, 4.69) is 6.92 Å². The Hall–Kier alpha value is -0.265. The van der Waals surface area contributed by atoms with Crippen molar-refractivity contribution in [2.45, 2.75) is 52.8 Å². The van der Waals surface area contributed by atoms with Crippen molar-refractivity contribution in [3.8, 4) is 0 Å². The highest BCUT2D eigenvalue weighted by Crippen LogP contribution is 2.37. The summed E-state index contributed by atoms with van der Waals surface area (Å²) in [6, 6.07) is 0. The fraction of sp³-hybridized carbons (Fsp3) is 0.900. The summed E-state index contributed by atoms with van der Waals surface area (Å²) in [5.74, 6) is 0.232. The number of rotatable bonds is 5. The number of hydrogen-bond acceptors (Lipinski definition) is 1. The van der Waals surface area contributed by atoms with Crippen molar-refractivity contribution >= 4 is 13.6 Å². The molecule has 0 saturated heterocycles. The van der Waals surface area contributed by atoms with E-state index in [9.17, 15) is 4.79 Å². The second-order valence-electron chi connectivity index (χ2n) is 3.72. The van der Waals surface area contributed by atoms with Gasteiger partial charge in [0, 0.05) is 5.41 Å². The predicted octanol–water partition coefficient (Wildman–Crippen LogP) is 2.75. The molecule has 1 nitrogen and oxygen atoms in total. The first kappa shape index (κ1) is 11.7. The highest BCUT2D eigenvalue weighted by Gasteiger charge is 2.32. The Balaban J connectivity index is 4.39. The van der Waals surface area contributed by atoms with Crippen LogP contribution in [0.2, 0.25) is 5.82 Å². The number of Topliss-reactive ketones (excluding diaryl/α,β-unsaturated/α-hetero) is 1. The lowest BCUT2D eigenvalue weighted by atomic mass is 9.61. The second kappa shape index (κ2) is 4.69. The number of hydrogen-bond donors (Lipinski definition) is 0. The SMILES string of the molecule is [B]C(CCC)C(C)(CC)C(C)=O. The summed E-state index contributed by atoms with van der Waals surface area (Å²) >= 11 is 0. The largest absolute Gasteiger partial charge is 0.299 e. The van der Waals surface area contributed by atoms with Crippen LogP contribution in [-0.4, -0.2) is 13.6 Å². The zero-order valence-electron chi connectivity index (χ0n) is 8.68. The van der Waals surface area contributed by atoms with E-state index in [1.165, 1.54) is 0 Å². The number of ketones is 1. The minimum absolute atomic E-state index is 0.0185. The maximum atomic E-state index is 11.3. The normalized spacial score (nSPS) is 18.3. The minimum Gasteiger partial charge on any atom is -0.299 e. The van der Waals surface area contributed by atoms with Crippen molar-refractivity contribution in [2.24, 2.45) is 5.41 Å². The van der Waals surface area contributed by atoms with E-state index in [4.69, 9.17) is 7.85 Å². The monoisotopic (exact) mass is 166 g/mol. The maximum Gasteiger partial charge on any atom is 0.135 e. The third-order valence-electron chi connectivity index (χ3n) is 2.96. The average Bonchev–Trinajstić information content (AvgIpc) is 2.03. The molecule has 2 radical (unpaired) electrons. The molecule has 0 aliphatic rings. The first-order valence-electron chi connectivity index (χ1n) is 4.75. The molecule has 0 aliphatic carbocycles. The maximum absolute atomic E-state index is 11.3. The van der Waals surface area contributed by atoms with Crippen molar-refractivity contribution in [3.05, 3.63) is 0 Å². The molecular formula is C10H19BO. The van der Waals surface area contributed by atoms with Crippen molar-refractivity contribution in [2.75, 3.05) is 0 Å². The molecule has 12 heavy (non-hydrogen) atoms. The van der Waals surface area contributed by atoms with Gasteiger partial charge >= 0.3 is 0 Å². The van der Waals surface area contributed by atoms with Gasteiger partial charge in [0.25, 0.3) is 0 Å². The molecule has 2 heteroatoms. The van der Waals surface area contributed by atoms with E-state index in [1.807, 2.05) is 13.8 Å². The Labute approximate surface area is 77.3 Å². The molecule has 0 spiro atoms. The molecular weight excluding hydrogens is 147 g/mol. The summed E-state index contributed by atoms with van der Waals surface area (Å²) in [6.07, 6.45) is 2.82. The molecule has 0 heterocycles. The summed E-state index contributed by atoms with van der Waals surface area (Å²) in [5.41, 5.74) is -0.310. The predicted molar refractivity (Wildman–Crippen MR) is 53.5 cm³/mol. The zero-order valence-corrected chi connectivity index (χ0v) is 8.68. The van der Waals surface area contributed by atoms with E-state index in [-0.39, 0.29) is 17.0 Å². The van der Waals surface area contributed by atoms with Crippen molar-refractivity contribution in [1.29, 1.82) is 0 Å². The first-order chi connectivity index (χ1) is 5.49. The summed E-state index contributed by atoms with van der Waals surface area (Å²) in [6.45, 7) is 7.72. The van der Waals surface area contributed by atoms with Crippen LogP contribution in [0.4, 0.5) is 0 Å². The van der Waals surface area contributed by atoms with E-state index < -0.39 is 0 Å². The van der Waals surface area contributed by atoms with Crippen LogP contribution in [0.3, 0.4) is 0 Å². The summed E-state index contributed by atoms with van der Waals surface area (Å²) in [7, 11) is 5.95. The molecule has 0 N–H and O–H groups in total. The van der Waals surface area contributed by atoms with Gasteiger partial charge in [-0.15, -0.1) is 0 Å². The van der Waals surface area contributed by atoms with Crippen molar-refractivity contribution in [1.82, 2.24) is 0 Å². The summed E-state index contributed by atoms with van der Waals surface area (Å²) < 4.78 is 0. The van der Waals surface area contributed by atoms with Gasteiger partial charge in [-0.1, -0.05) is 39.4 Å². The third kappa shape index (κ3) is 2.36. The van der Waals surface area contributed by atoms with Gasteiger partial charge in [0.05, 0.1) is 7.85 Å². The molecule has 0 aromatic heterocycles. The number of carbonyl (C=O) groups is 1. The summed E-state index contributed by atoms with van der Waals surface area (Å²) in [4.78, 5) is 11.3. The quantitative estimate of drug-likeness (QED) is 0.574. The van der Waals surface area contributed by atoms with E-state index in [0.29, 0.717) is 0 Å². The van der Waals surface area contributed by atoms with E-state index in [1.54, 1.807) is 6.92 Å². The Kier molecular flexibility index (Phi) is 4.58. The van der Waals surface area contributed by atoms with E-state index >= 15 is 0 Å². The van der Waals surface area contributed by atoms with Crippen LogP contribution < -0.4 is 0 Å². The molecule has 2 atom stereocenters. The van der Waals surface area contributed by atoms with Crippen LogP contribution in [0.15, 0.2) is 0 Å². The molecule has 0 saturated carbocycles. The van der Waals surface area contributed by atoms with Gasteiger partial charge in [-0.2, -0.15) is 0 Å². The Bertz CT molecular complexity index is 156. The lowest BCUT2D eigenvalue weighted by Gasteiger charge is -2.32. The molecule has 0 aromatic carbocycles. The topological polar surface area (TPSA) is 17.1 Å². The number of carbonyl (C=O) groups excluding carboxylic acids is 1. The minimum atomic E-state index is -0.310. The van der Waals surface area contributed by atoms with Crippen LogP contribution in [0.1, 0.15) is 47.0 Å². The van der Waals surface area contributed by atoms with Crippen LogP contribution in [0, 0.1) is 5.41 Å². The van der Waals surface area contributed by atoms with Gasteiger partial charge in [0.15, 0.2) is 0 Å². The Morgan fingerprint density at radius 1 is 1.50 bits per heavy atom. The molecule has 0 aromatic rings. The zero-order chi connectivity index (χ0) is 9.78. The fourth-order valence-electron chi connectivity index (χ4n) is 1.40. The third-order valence-corrected chi connectivity index (χ3v) is 2.96. The van der Waals surface area contributed by atoms with Crippen LogP contribution in [-0.2, 0) is 4.79 Å². The fourth-order valence-corrected chi connectivity index (χ4v) is 1.40. The summed E-state index contributed by atoms with van der Waals surface area (Å²) in [5, 5.41) is 0. The molecule has 0 bridgehead atoms.